The van der Waals surface area contributed by atoms with Gasteiger partial charge in [-0.25, -0.2) is 4.98 Å². The molecule has 5 nitrogen and oxygen atoms in total. The van der Waals surface area contributed by atoms with E-state index < -0.39 is 0 Å². The van der Waals surface area contributed by atoms with E-state index in [-0.39, 0.29) is 12.2 Å². The summed E-state index contributed by atoms with van der Waals surface area (Å²) in [6, 6.07) is 5.38. The summed E-state index contributed by atoms with van der Waals surface area (Å²) >= 11 is 6.15. The van der Waals surface area contributed by atoms with Crippen molar-refractivity contribution in [1.29, 1.82) is 0 Å². The molecule has 2 aromatic rings. The molecule has 0 spiro atoms. The fourth-order valence-corrected chi connectivity index (χ4v) is 2.67. The Labute approximate surface area is 140 Å². The van der Waals surface area contributed by atoms with Crippen molar-refractivity contribution >= 4 is 11.6 Å². The second-order valence-corrected chi connectivity index (χ2v) is 5.70. The highest BCUT2D eigenvalue weighted by Gasteiger charge is 2.19. The van der Waals surface area contributed by atoms with Crippen LogP contribution in [-0.2, 0) is 11.3 Å². The summed E-state index contributed by atoms with van der Waals surface area (Å²) in [7, 11) is 1.61. The van der Waals surface area contributed by atoms with Crippen molar-refractivity contribution in [3.63, 3.8) is 0 Å². The molecule has 0 N–H and O–H groups in total. The second-order valence-electron chi connectivity index (χ2n) is 5.29. The van der Waals surface area contributed by atoms with E-state index in [1.807, 2.05) is 22.9 Å². The quantitative estimate of drug-likeness (QED) is 0.729. The van der Waals surface area contributed by atoms with Gasteiger partial charge in [0.1, 0.15) is 11.5 Å². The van der Waals surface area contributed by atoms with Crippen LogP contribution in [0.15, 0.2) is 49.1 Å². The number of nitrogens with zero attached hydrogens (tertiary/aromatic N) is 2. The third-order valence-corrected chi connectivity index (χ3v) is 3.93. The van der Waals surface area contributed by atoms with Gasteiger partial charge in [-0.2, -0.15) is 0 Å². The molecular weight excluding hydrogens is 316 g/mol. The molecular formula is C17H19ClN2O3. The molecule has 1 aromatic carbocycles. The van der Waals surface area contributed by atoms with Gasteiger partial charge in [0.2, 0.25) is 0 Å². The first-order valence-corrected chi connectivity index (χ1v) is 7.88. The smallest absolute Gasteiger partial charge is 0.138 e. The summed E-state index contributed by atoms with van der Waals surface area (Å²) in [5, 5.41) is 0.546. The maximum atomic E-state index is 6.15. The van der Waals surface area contributed by atoms with Crippen molar-refractivity contribution < 1.29 is 14.2 Å². The molecule has 0 saturated heterocycles. The normalized spacial score (nSPS) is 19.9. The third-order valence-electron chi connectivity index (χ3n) is 3.64. The van der Waals surface area contributed by atoms with Crippen LogP contribution in [0.2, 0.25) is 5.02 Å². The standard InChI is InChI=1S/C17H19ClN2O3/c1-21-14-4-5-17(16(18)10-14)22-9-6-13-2-3-15(23-13)11-20-8-7-19-12-20/h2-5,7-8,10,12-13,15H,6,9,11H2,1H3. The molecule has 6 heteroatoms. The summed E-state index contributed by atoms with van der Waals surface area (Å²) in [6.07, 6.45) is 10.6. The van der Waals surface area contributed by atoms with E-state index in [0.29, 0.717) is 23.1 Å². The minimum Gasteiger partial charge on any atom is -0.497 e. The number of hydrogen-bond donors (Lipinski definition) is 0. The predicted molar refractivity (Wildman–Crippen MR) is 88.1 cm³/mol. The third kappa shape index (κ3) is 4.27. The number of benzene rings is 1. The molecule has 1 aliphatic rings. The van der Waals surface area contributed by atoms with Gasteiger partial charge in [0.25, 0.3) is 0 Å². The summed E-state index contributed by atoms with van der Waals surface area (Å²) in [5.74, 6) is 1.37. The zero-order valence-corrected chi connectivity index (χ0v) is 13.6. The van der Waals surface area contributed by atoms with Crippen molar-refractivity contribution in [2.24, 2.45) is 0 Å². The lowest BCUT2D eigenvalue weighted by Gasteiger charge is -2.15. The molecule has 2 unspecified atom stereocenters. The molecule has 0 aliphatic carbocycles. The topological polar surface area (TPSA) is 45.5 Å². The Morgan fingerprint density at radius 2 is 2.17 bits per heavy atom. The molecule has 2 atom stereocenters. The lowest BCUT2D eigenvalue weighted by atomic mass is 10.2. The van der Waals surface area contributed by atoms with E-state index in [1.54, 1.807) is 25.7 Å². The number of methoxy groups -OCH3 is 1. The van der Waals surface area contributed by atoms with Crippen LogP contribution < -0.4 is 9.47 Å². The average Bonchev–Trinajstić information content (AvgIpc) is 3.21. The fraction of sp³-hybridized carbons (Fsp3) is 0.353. The number of hydrogen-bond acceptors (Lipinski definition) is 4. The molecule has 0 saturated carbocycles. The van der Waals surface area contributed by atoms with Gasteiger partial charge < -0.3 is 18.8 Å². The van der Waals surface area contributed by atoms with E-state index in [1.165, 1.54) is 0 Å². The number of imidazole rings is 1. The highest BCUT2D eigenvalue weighted by molar-refractivity contribution is 6.32. The van der Waals surface area contributed by atoms with E-state index in [2.05, 4.69) is 17.1 Å². The second kappa shape index (κ2) is 7.53. The van der Waals surface area contributed by atoms with Gasteiger partial charge in [0, 0.05) is 24.9 Å². The van der Waals surface area contributed by atoms with Crippen LogP contribution in [0.4, 0.5) is 0 Å². The van der Waals surface area contributed by atoms with Crippen LogP contribution in [0.3, 0.4) is 0 Å². The van der Waals surface area contributed by atoms with E-state index in [9.17, 15) is 0 Å². The van der Waals surface area contributed by atoms with E-state index in [4.69, 9.17) is 25.8 Å². The summed E-state index contributed by atoms with van der Waals surface area (Å²) in [6.45, 7) is 1.32. The number of aromatic nitrogens is 2. The molecule has 23 heavy (non-hydrogen) atoms. The Kier molecular flexibility index (Phi) is 5.20. The lowest BCUT2D eigenvalue weighted by molar-refractivity contribution is 0.0393. The van der Waals surface area contributed by atoms with Crippen molar-refractivity contribution in [2.45, 2.75) is 25.2 Å². The van der Waals surface area contributed by atoms with Gasteiger partial charge in [-0.1, -0.05) is 23.8 Å². The van der Waals surface area contributed by atoms with Gasteiger partial charge in [-0.15, -0.1) is 0 Å². The van der Waals surface area contributed by atoms with Gasteiger partial charge in [0.05, 0.1) is 43.8 Å². The summed E-state index contributed by atoms with van der Waals surface area (Å²) < 4.78 is 18.8. The first kappa shape index (κ1) is 15.9. The lowest BCUT2D eigenvalue weighted by Crippen LogP contribution is -2.19. The molecule has 0 amide bonds. The highest BCUT2D eigenvalue weighted by Crippen LogP contribution is 2.29. The average molecular weight is 335 g/mol. The molecule has 122 valence electrons. The molecule has 3 rings (SSSR count). The van der Waals surface area contributed by atoms with Crippen LogP contribution in [-0.4, -0.2) is 35.5 Å². The van der Waals surface area contributed by atoms with Crippen LogP contribution >= 0.6 is 11.6 Å². The van der Waals surface area contributed by atoms with Crippen LogP contribution in [0.25, 0.3) is 0 Å². The molecule has 1 aromatic heterocycles. The molecule has 0 fully saturated rings. The maximum Gasteiger partial charge on any atom is 0.138 e. The van der Waals surface area contributed by atoms with Crippen molar-refractivity contribution in [3.05, 3.63) is 54.1 Å². The Morgan fingerprint density at radius 1 is 1.30 bits per heavy atom. The zero-order valence-electron chi connectivity index (χ0n) is 12.9. The number of halogens is 1. The van der Waals surface area contributed by atoms with Crippen LogP contribution in [0.1, 0.15) is 6.42 Å². The van der Waals surface area contributed by atoms with Crippen molar-refractivity contribution in [1.82, 2.24) is 9.55 Å². The zero-order chi connectivity index (χ0) is 16.1. The fourth-order valence-electron chi connectivity index (χ4n) is 2.44. The maximum absolute atomic E-state index is 6.15. The van der Waals surface area contributed by atoms with Gasteiger partial charge in [0.15, 0.2) is 0 Å². The van der Waals surface area contributed by atoms with Gasteiger partial charge in [-0.05, 0) is 12.1 Å². The molecule has 0 bridgehead atoms. The highest BCUT2D eigenvalue weighted by atomic mass is 35.5. The van der Waals surface area contributed by atoms with Crippen molar-refractivity contribution in [2.75, 3.05) is 13.7 Å². The minimum atomic E-state index is 0.0699. The first-order valence-electron chi connectivity index (χ1n) is 7.50. The van der Waals surface area contributed by atoms with E-state index >= 15 is 0 Å². The molecule has 2 heterocycles. The molecule has 0 radical (unpaired) electrons. The van der Waals surface area contributed by atoms with Crippen LogP contribution in [0.5, 0.6) is 11.5 Å². The number of rotatable bonds is 7. The Bertz CT molecular complexity index is 658. The van der Waals surface area contributed by atoms with Crippen molar-refractivity contribution in [3.8, 4) is 11.5 Å². The summed E-state index contributed by atoms with van der Waals surface area (Å²) in [4.78, 5) is 4.03. The monoisotopic (exact) mass is 334 g/mol. The van der Waals surface area contributed by atoms with E-state index in [0.717, 1.165) is 13.0 Å². The largest absolute Gasteiger partial charge is 0.497 e. The number of ether oxygens (including phenoxy) is 3. The van der Waals surface area contributed by atoms with Crippen LogP contribution in [0, 0.1) is 0 Å². The Morgan fingerprint density at radius 3 is 2.91 bits per heavy atom. The predicted octanol–water partition coefficient (Wildman–Crippen LogP) is 3.34. The first-order chi connectivity index (χ1) is 11.2. The summed E-state index contributed by atoms with van der Waals surface area (Å²) in [5.41, 5.74) is 0. The SMILES string of the molecule is COc1ccc(OCCC2C=CC(Cn3ccnc3)O2)c(Cl)c1. The Balaban J connectivity index is 1.42. The molecule has 1 aliphatic heterocycles. The minimum absolute atomic E-state index is 0.0699. The van der Waals surface area contributed by atoms with Gasteiger partial charge in [-0.3, -0.25) is 0 Å². The van der Waals surface area contributed by atoms with Gasteiger partial charge >= 0.3 is 0 Å². The Hall–Kier alpha value is -1.98.